The maximum absolute atomic E-state index is 11.6. The lowest BCUT2D eigenvalue weighted by molar-refractivity contribution is -0.117. The van der Waals surface area contributed by atoms with E-state index < -0.39 is 0 Å². The first kappa shape index (κ1) is 11.1. The molecule has 1 aliphatic rings. The molecule has 2 N–H and O–H groups in total. The minimum atomic E-state index is 0.105. The first-order chi connectivity index (χ1) is 6.65. The molecule has 0 aromatic carbocycles. The Morgan fingerprint density at radius 2 is 2.14 bits per heavy atom. The van der Waals surface area contributed by atoms with Crippen LogP contribution >= 0.6 is 0 Å². The van der Waals surface area contributed by atoms with Gasteiger partial charge >= 0.3 is 0 Å². The smallest absolute Gasteiger partial charge is 0.248 e. The summed E-state index contributed by atoms with van der Waals surface area (Å²) in [5.41, 5.74) is 2.10. The third kappa shape index (κ3) is 2.76. The Bertz CT molecular complexity index is 244. The predicted molar refractivity (Wildman–Crippen MR) is 57.8 cm³/mol. The third-order valence-corrected chi connectivity index (χ3v) is 2.29. The highest BCUT2D eigenvalue weighted by Gasteiger charge is 2.20. The average molecular weight is 196 g/mol. The van der Waals surface area contributed by atoms with E-state index in [2.05, 4.69) is 24.5 Å². The van der Waals surface area contributed by atoms with Crippen molar-refractivity contribution in [3.8, 4) is 0 Å². The van der Waals surface area contributed by atoms with Gasteiger partial charge in [0.15, 0.2) is 0 Å². The van der Waals surface area contributed by atoms with E-state index in [0.717, 1.165) is 30.5 Å². The molecule has 14 heavy (non-hydrogen) atoms. The molecule has 0 aromatic heterocycles. The summed E-state index contributed by atoms with van der Waals surface area (Å²) < 4.78 is 0. The summed E-state index contributed by atoms with van der Waals surface area (Å²) in [7, 11) is 0. The number of hydrogen-bond donors (Lipinski definition) is 2. The van der Waals surface area contributed by atoms with Gasteiger partial charge in [0.2, 0.25) is 5.91 Å². The summed E-state index contributed by atoms with van der Waals surface area (Å²) in [5, 5.41) is 6.20. The van der Waals surface area contributed by atoms with Gasteiger partial charge in [-0.3, -0.25) is 4.79 Å². The number of allylic oxidation sites excluding steroid dienone is 1. The van der Waals surface area contributed by atoms with E-state index >= 15 is 0 Å². The van der Waals surface area contributed by atoms with Crippen molar-refractivity contribution in [3.05, 3.63) is 11.3 Å². The molecule has 0 saturated heterocycles. The van der Waals surface area contributed by atoms with Gasteiger partial charge in [0.05, 0.1) is 0 Å². The van der Waals surface area contributed by atoms with Crippen LogP contribution in [0.3, 0.4) is 0 Å². The Kier molecular flexibility index (Phi) is 3.98. The summed E-state index contributed by atoms with van der Waals surface area (Å²) in [6.45, 7) is 6.85. The van der Waals surface area contributed by atoms with Gasteiger partial charge in [0, 0.05) is 23.9 Å². The lowest BCUT2D eigenvalue weighted by Gasteiger charge is -2.13. The molecule has 0 heterocycles. The Labute approximate surface area is 86.0 Å². The number of hydrogen-bond acceptors (Lipinski definition) is 2. The molecule has 3 heteroatoms. The van der Waals surface area contributed by atoms with Crippen molar-refractivity contribution >= 4 is 5.91 Å². The molecule has 1 rings (SSSR count). The number of amides is 1. The zero-order chi connectivity index (χ0) is 10.6. The Morgan fingerprint density at radius 3 is 2.71 bits per heavy atom. The molecule has 0 radical (unpaired) electrons. The van der Waals surface area contributed by atoms with Crippen LogP contribution in [0.5, 0.6) is 0 Å². The molecule has 0 aromatic rings. The second-order valence-electron chi connectivity index (χ2n) is 3.97. The number of carbonyl (C=O) groups excluding carboxylic acids is 1. The molecule has 0 atom stereocenters. The van der Waals surface area contributed by atoms with Crippen molar-refractivity contribution in [2.45, 2.75) is 46.1 Å². The molecule has 0 spiro atoms. The van der Waals surface area contributed by atoms with Gasteiger partial charge < -0.3 is 10.6 Å². The van der Waals surface area contributed by atoms with Crippen LogP contribution in [0.1, 0.15) is 40.0 Å². The molecule has 1 amide bonds. The first-order valence-corrected chi connectivity index (χ1v) is 5.42. The highest BCUT2D eigenvalue weighted by molar-refractivity contribution is 5.94. The number of rotatable bonds is 4. The van der Waals surface area contributed by atoms with Gasteiger partial charge in [0.1, 0.15) is 0 Å². The fourth-order valence-electron chi connectivity index (χ4n) is 1.77. The van der Waals surface area contributed by atoms with Crippen LogP contribution in [-0.2, 0) is 4.79 Å². The van der Waals surface area contributed by atoms with E-state index in [1.807, 2.05) is 6.92 Å². The SMILES string of the molecule is CCNC(=O)C1=C(NC(C)C)CCC1. The van der Waals surface area contributed by atoms with Crippen LogP contribution in [0.25, 0.3) is 0 Å². The van der Waals surface area contributed by atoms with Gasteiger partial charge in [-0.15, -0.1) is 0 Å². The number of likely N-dealkylation sites (N-methyl/N-ethyl adjacent to an activating group) is 1. The van der Waals surface area contributed by atoms with Crippen molar-refractivity contribution in [1.82, 2.24) is 10.6 Å². The fraction of sp³-hybridized carbons (Fsp3) is 0.727. The maximum Gasteiger partial charge on any atom is 0.248 e. The molecular formula is C11H20N2O. The van der Waals surface area contributed by atoms with Crippen molar-refractivity contribution in [1.29, 1.82) is 0 Å². The largest absolute Gasteiger partial charge is 0.386 e. The van der Waals surface area contributed by atoms with E-state index in [4.69, 9.17) is 0 Å². The minimum Gasteiger partial charge on any atom is -0.386 e. The van der Waals surface area contributed by atoms with E-state index in [1.54, 1.807) is 0 Å². The lowest BCUT2D eigenvalue weighted by atomic mass is 10.2. The van der Waals surface area contributed by atoms with E-state index in [1.165, 1.54) is 0 Å². The van der Waals surface area contributed by atoms with Crippen molar-refractivity contribution in [2.75, 3.05) is 6.54 Å². The van der Waals surface area contributed by atoms with Crippen LogP contribution < -0.4 is 10.6 Å². The fourth-order valence-corrected chi connectivity index (χ4v) is 1.77. The molecule has 3 nitrogen and oxygen atoms in total. The molecular weight excluding hydrogens is 176 g/mol. The molecule has 0 bridgehead atoms. The van der Waals surface area contributed by atoms with Gasteiger partial charge in [-0.1, -0.05) is 0 Å². The molecule has 1 aliphatic carbocycles. The van der Waals surface area contributed by atoms with Crippen LogP contribution in [0.15, 0.2) is 11.3 Å². The highest BCUT2D eigenvalue weighted by atomic mass is 16.1. The third-order valence-electron chi connectivity index (χ3n) is 2.29. The monoisotopic (exact) mass is 196 g/mol. The zero-order valence-corrected chi connectivity index (χ0v) is 9.31. The normalized spacial score (nSPS) is 16.3. The van der Waals surface area contributed by atoms with Gasteiger partial charge in [-0.05, 0) is 40.0 Å². The predicted octanol–water partition coefficient (Wildman–Crippen LogP) is 1.56. The van der Waals surface area contributed by atoms with Gasteiger partial charge in [-0.25, -0.2) is 0 Å². The molecule has 80 valence electrons. The molecule has 0 unspecified atom stereocenters. The lowest BCUT2D eigenvalue weighted by Crippen LogP contribution is -2.28. The summed E-state index contributed by atoms with van der Waals surface area (Å²) in [6, 6.07) is 0.410. The van der Waals surface area contributed by atoms with Crippen LogP contribution in [-0.4, -0.2) is 18.5 Å². The second-order valence-corrected chi connectivity index (χ2v) is 3.97. The molecule has 0 aliphatic heterocycles. The van der Waals surface area contributed by atoms with Crippen molar-refractivity contribution < 1.29 is 4.79 Å². The Balaban J connectivity index is 2.66. The van der Waals surface area contributed by atoms with E-state index in [0.29, 0.717) is 12.6 Å². The topological polar surface area (TPSA) is 41.1 Å². The maximum atomic E-state index is 11.6. The van der Waals surface area contributed by atoms with Crippen LogP contribution in [0.2, 0.25) is 0 Å². The van der Waals surface area contributed by atoms with Crippen molar-refractivity contribution in [3.63, 3.8) is 0 Å². The first-order valence-electron chi connectivity index (χ1n) is 5.42. The van der Waals surface area contributed by atoms with E-state index in [9.17, 15) is 4.79 Å². The van der Waals surface area contributed by atoms with Gasteiger partial charge in [-0.2, -0.15) is 0 Å². The molecule has 0 fully saturated rings. The Hall–Kier alpha value is -0.990. The number of nitrogens with one attached hydrogen (secondary N) is 2. The van der Waals surface area contributed by atoms with E-state index in [-0.39, 0.29) is 5.91 Å². The van der Waals surface area contributed by atoms with Crippen LogP contribution in [0.4, 0.5) is 0 Å². The summed E-state index contributed by atoms with van der Waals surface area (Å²) in [5.74, 6) is 0.105. The summed E-state index contributed by atoms with van der Waals surface area (Å²) >= 11 is 0. The summed E-state index contributed by atoms with van der Waals surface area (Å²) in [6.07, 6.45) is 3.03. The quantitative estimate of drug-likeness (QED) is 0.716. The Morgan fingerprint density at radius 1 is 1.43 bits per heavy atom. The summed E-state index contributed by atoms with van der Waals surface area (Å²) in [4.78, 5) is 11.6. The van der Waals surface area contributed by atoms with Gasteiger partial charge in [0.25, 0.3) is 0 Å². The number of carbonyl (C=O) groups is 1. The standard InChI is InChI=1S/C11H20N2O/c1-4-12-11(14)9-6-5-7-10(9)13-8(2)3/h8,13H,4-7H2,1-3H3,(H,12,14). The van der Waals surface area contributed by atoms with Crippen molar-refractivity contribution in [2.24, 2.45) is 0 Å². The average Bonchev–Trinajstić information content (AvgIpc) is 2.51. The molecule has 0 saturated carbocycles. The highest BCUT2D eigenvalue weighted by Crippen LogP contribution is 2.24. The zero-order valence-electron chi connectivity index (χ0n) is 9.31. The minimum absolute atomic E-state index is 0.105. The van der Waals surface area contributed by atoms with Crippen LogP contribution in [0, 0.1) is 0 Å². The second kappa shape index (κ2) is 5.03.